The second kappa shape index (κ2) is 6.42. The Kier molecular flexibility index (Phi) is 4.38. The largest absolute Gasteiger partial charge is 0.480 e. The van der Waals surface area contributed by atoms with Crippen molar-refractivity contribution >= 4 is 34.8 Å². The van der Waals surface area contributed by atoms with Crippen LogP contribution in [0.4, 0.5) is 30.2 Å². The summed E-state index contributed by atoms with van der Waals surface area (Å²) in [7, 11) is 0. The number of amides is 2. The third-order valence-electron chi connectivity index (χ3n) is 4.02. The van der Waals surface area contributed by atoms with E-state index < -0.39 is 30.5 Å². The highest BCUT2D eigenvalue weighted by Gasteiger charge is 2.46. The molecule has 0 unspecified atom stereocenters. The fourth-order valence-electron chi connectivity index (χ4n) is 2.91. The number of anilines is 3. The van der Waals surface area contributed by atoms with Crippen LogP contribution < -0.4 is 9.80 Å². The molecule has 1 aliphatic rings. The van der Waals surface area contributed by atoms with Crippen LogP contribution >= 0.6 is 0 Å². The van der Waals surface area contributed by atoms with Crippen LogP contribution in [0, 0.1) is 6.92 Å². The zero-order chi connectivity index (χ0) is 19.9. The summed E-state index contributed by atoms with van der Waals surface area (Å²) in [5, 5.41) is 9.17. The zero-order valence-electron chi connectivity index (χ0n) is 13.9. The van der Waals surface area contributed by atoms with E-state index in [9.17, 15) is 27.6 Å². The van der Waals surface area contributed by atoms with Crippen LogP contribution in [0.3, 0.4) is 0 Å². The van der Waals surface area contributed by atoms with E-state index in [4.69, 9.17) is 5.11 Å². The number of fused-ring (bicyclic) bond motifs is 2. The molecule has 0 spiro atoms. The molecule has 0 fully saturated rings. The number of benzene rings is 2. The van der Waals surface area contributed by atoms with Crippen molar-refractivity contribution in [2.75, 3.05) is 16.3 Å². The van der Waals surface area contributed by atoms with E-state index in [2.05, 4.69) is 0 Å². The van der Waals surface area contributed by atoms with Gasteiger partial charge in [0.2, 0.25) is 0 Å². The molecule has 2 amide bonds. The third kappa shape index (κ3) is 3.23. The summed E-state index contributed by atoms with van der Waals surface area (Å²) < 4.78 is 39.8. The van der Waals surface area contributed by atoms with Gasteiger partial charge >= 0.3 is 18.1 Å². The van der Waals surface area contributed by atoms with Gasteiger partial charge < -0.3 is 5.11 Å². The molecule has 2 aromatic rings. The highest BCUT2D eigenvalue weighted by Crippen LogP contribution is 2.43. The number of nitrogens with zero attached hydrogens (tertiary/aromatic N) is 2. The van der Waals surface area contributed by atoms with Crippen molar-refractivity contribution in [2.24, 2.45) is 0 Å². The number of carboxylic acids is 1. The van der Waals surface area contributed by atoms with Gasteiger partial charge in [0.15, 0.2) is 0 Å². The number of rotatable bonds is 2. The Hall–Kier alpha value is -3.36. The molecule has 0 bridgehead atoms. The number of aliphatic carboxylic acids is 1. The first-order valence-corrected chi connectivity index (χ1v) is 7.76. The summed E-state index contributed by atoms with van der Waals surface area (Å²) in [5.41, 5.74) is -0.186. The van der Waals surface area contributed by atoms with E-state index in [1.165, 1.54) is 42.5 Å². The summed E-state index contributed by atoms with van der Waals surface area (Å²) in [6, 6.07) is 9.40. The first-order valence-electron chi connectivity index (χ1n) is 7.76. The first kappa shape index (κ1) is 18.4. The molecular formula is C18H13F3N2O4. The van der Waals surface area contributed by atoms with Crippen molar-refractivity contribution in [3.05, 3.63) is 53.6 Å². The van der Waals surface area contributed by atoms with Crippen molar-refractivity contribution in [1.29, 1.82) is 0 Å². The van der Waals surface area contributed by atoms with Gasteiger partial charge in [0, 0.05) is 0 Å². The van der Waals surface area contributed by atoms with Gasteiger partial charge in [-0.25, -0.2) is 0 Å². The van der Waals surface area contributed by atoms with Gasteiger partial charge in [-0.2, -0.15) is 13.2 Å². The molecule has 1 heterocycles. The number of hydrogen-bond acceptors (Lipinski definition) is 3. The maximum absolute atomic E-state index is 13.3. The Morgan fingerprint density at radius 2 is 1.70 bits per heavy atom. The van der Waals surface area contributed by atoms with Crippen molar-refractivity contribution in [2.45, 2.75) is 13.1 Å². The smallest absolute Gasteiger partial charge is 0.472 e. The Balaban J connectivity index is 2.36. The van der Waals surface area contributed by atoms with Crippen molar-refractivity contribution in [3.63, 3.8) is 0 Å². The summed E-state index contributed by atoms with van der Waals surface area (Å²) in [6.07, 6.45) is -5.19. The Morgan fingerprint density at radius 1 is 1.04 bits per heavy atom. The van der Waals surface area contributed by atoms with Crippen LogP contribution in [0.2, 0.25) is 0 Å². The Bertz CT molecular complexity index is 956. The lowest BCUT2D eigenvalue weighted by atomic mass is 10.1. The fraction of sp³-hybridized carbons (Fsp3) is 0.167. The molecule has 9 heteroatoms. The number of alkyl halides is 3. The molecule has 0 aliphatic carbocycles. The number of aryl methyl sites for hydroxylation is 1. The quantitative estimate of drug-likeness (QED) is 0.870. The third-order valence-corrected chi connectivity index (χ3v) is 4.02. The second-order valence-electron chi connectivity index (χ2n) is 5.93. The summed E-state index contributed by atoms with van der Waals surface area (Å²) in [6.45, 7) is 0.870. The minimum Gasteiger partial charge on any atom is -0.480 e. The lowest BCUT2D eigenvalue weighted by Gasteiger charge is -2.26. The number of carboxylic acid groups (broad SMARTS) is 1. The van der Waals surface area contributed by atoms with Gasteiger partial charge in [-0.1, -0.05) is 18.2 Å². The second-order valence-corrected chi connectivity index (χ2v) is 5.93. The normalized spacial score (nSPS) is 13.7. The molecule has 2 aromatic carbocycles. The minimum absolute atomic E-state index is 0.0869. The van der Waals surface area contributed by atoms with Crippen molar-refractivity contribution in [1.82, 2.24) is 0 Å². The maximum Gasteiger partial charge on any atom is 0.472 e. The highest BCUT2D eigenvalue weighted by atomic mass is 19.4. The number of halogens is 3. The first-order chi connectivity index (χ1) is 12.6. The fourth-order valence-corrected chi connectivity index (χ4v) is 2.91. The number of carbonyl (C=O) groups excluding carboxylic acids is 2. The van der Waals surface area contributed by atoms with Gasteiger partial charge in [0.25, 0.3) is 5.91 Å². The van der Waals surface area contributed by atoms with Gasteiger partial charge in [-0.15, -0.1) is 0 Å². The number of para-hydroxylation sites is 1. The molecule has 140 valence electrons. The molecule has 0 aromatic heterocycles. The molecule has 6 nitrogen and oxygen atoms in total. The average Bonchev–Trinajstić information content (AvgIpc) is 2.68. The predicted molar refractivity (Wildman–Crippen MR) is 90.1 cm³/mol. The predicted octanol–water partition coefficient (Wildman–Crippen LogP) is 3.27. The number of hydrogen-bond donors (Lipinski definition) is 1. The molecule has 3 rings (SSSR count). The molecule has 1 aliphatic heterocycles. The topological polar surface area (TPSA) is 77.9 Å². The van der Waals surface area contributed by atoms with E-state index in [0.717, 1.165) is 4.90 Å². The van der Waals surface area contributed by atoms with Gasteiger partial charge in [-0.05, 0) is 36.8 Å². The SMILES string of the molecule is Cc1ccc2c(c1)N(CC(=O)O)C(=O)c1ccccc1N2C(=O)C(F)(F)F. The molecule has 0 atom stereocenters. The van der Waals surface area contributed by atoms with Crippen LogP contribution in [0.15, 0.2) is 42.5 Å². The van der Waals surface area contributed by atoms with Crippen LogP contribution in [0.5, 0.6) is 0 Å². The molecule has 27 heavy (non-hydrogen) atoms. The van der Waals surface area contributed by atoms with Gasteiger partial charge in [0.1, 0.15) is 6.54 Å². The van der Waals surface area contributed by atoms with Crippen LogP contribution in [-0.2, 0) is 9.59 Å². The Labute approximate surface area is 151 Å². The van der Waals surface area contributed by atoms with E-state index in [1.807, 2.05) is 0 Å². The monoisotopic (exact) mass is 378 g/mol. The number of carbonyl (C=O) groups is 3. The Morgan fingerprint density at radius 3 is 2.33 bits per heavy atom. The van der Waals surface area contributed by atoms with Crippen LogP contribution in [-0.4, -0.2) is 35.6 Å². The van der Waals surface area contributed by atoms with Crippen LogP contribution in [0.25, 0.3) is 0 Å². The van der Waals surface area contributed by atoms with Gasteiger partial charge in [-0.3, -0.25) is 24.2 Å². The molecule has 0 radical (unpaired) electrons. The molecule has 0 saturated carbocycles. The highest BCUT2D eigenvalue weighted by molar-refractivity contribution is 6.20. The van der Waals surface area contributed by atoms with E-state index >= 15 is 0 Å². The van der Waals surface area contributed by atoms with E-state index in [1.54, 1.807) is 6.92 Å². The minimum atomic E-state index is -5.19. The zero-order valence-corrected chi connectivity index (χ0v) is 13.9. The molecule has 1 N–H and O–H groups in total. The molecule has 0 saturated heterocycles. The van der Waals surface area contributed by atoms with Crippen molar-refractivity contribution in [3.8, 4) is 0 Å². The standard InChI is InChI=1S/C18H13F3N2O4/c1-10-6-7-13-14(8-10)22(9-15(24)25)16(26)11-4-2-3-5-12(11)23(13)17(27)18(19,20)21/h2-8H,9H2,1H3,(H,24,25). The lowest BCUT2D eigenvalue weighted by Crippen LogP contribution is -2.38. The summed E-state index contributed by atoms with van der Waals surface area (Å²) >= 11 is 0. The van der Waals surface area contributed by atoms with Crippen molar-refractivity contribution < 1.29 is 32.7 Å². The van der Waals surface area contributed by atoms with E-state index in [0.29, 0.717) is 10.5 Å². The van der Waals surface area contributed by atoms with E-state index in [-0.39, 0.29) is 22.6 Å². The van der Waals surface area contributed by atoms with Crippen LogP contribution in [0.1, 0.15) is 15.9 Å². The molecular weight excluding hydrogens is 365 g/mol. The van der Waals surface area contributed by atoms with Gasteiger partial charge in [0.05, 0.1) is 22.6 Å². The maximum atomic E-state index is 13.3. The summed E-state index contributed by atoms with van der Waals surface area (Å²) in [5.74, 6) is -4.33. The average molecular weight is 378 g/mol. The lowest BCUT2D eigenvalue weighted by molar-refractivity contribution is -0.169. The summed E-state index contributed by atoms with van der Waals surface area (Å²) in [4.78, 5) is 37.6.